The lowest BCUT2D eigenvalue weighted by molar-refractivity contribution is 0.546. The van der Waals surface area contributed by atoms with Gasteiger partial charge in [0.25, 0.3) is 0 Å². The third kappa shape index (κ3) is 18.6. The third-order valence-corrected chi connectivity index (χ3v) is 39.6. The molecule has 0 unspecified atom stereocenters. The molecule has 0 N–H and O–H groups in total. The molecule has 129 heavy (non-hydrogen) atoms. The SMILES string of the molecule is CC(C)C1c2ccccc2[S+](c2ccccc2)c2ccccc21.CC1c2ccccc2[S+](c2ccccc2)c2ccccc21.CCC1c2ccccc2[S+](c2ccccc2)c2ccccc21.c1ccc([S+]2c3ccccc3CCCc3ccccc32)cc1.c1ccc([S+]2c3ccccc3CCc3ccccc32)cc1.c1ccc([S+]2c3ccccc3Cc3ccccc32)cc1. The molecule has 0 aromatic heterocycles. The van der Waals surface area contributed by atoms with Gasteiger partial charge in [0.1, 0.15) is 0 Å². The van der Waals surface area contributed by atoms with Crippen molar-refractivity contribution >= 4 is 65.4 Å². The zero-order valence-corrected chi connectivity index (χ0v) is 78.6. The van der Waals surface area contributed by atoms with Crippen LogP contribution in [0.2, 0.25) is 0 Å². The Morgan fingerprint density at radius 2 is 0.388 bits per heavy atom. The van der Waals surface area contributed by atoms with Crippen LogP contribution in [0.3, 0.4) is 0 Å². The van der Waals surface area contributed by atoms with E-state index >= 15 is 0 Å². The molecule has 0 spiro atoms. The zero-order valence-electron chi connectivity index (χ0n) is 73.7. The fraction of sp³-hybridized carbons (Fsp3) is 0.122. The number of fused-ring (bicyclic) bond motifs is 12. The van der Waals surface area contributed by atoms with Crippen LogP contribution in [-0.2, 0) is 97.5 Å². The number of hydrogen-bond acceptors (Lipinski definition) is 0. The van der Waals surface area contributed by atoms with Gasteiger partial charge in [-0.25, -0.2) is 0 Å². The highest BCUT2D eigenvalue weighted by Gasteiger charge is 2.46. The van der Waals surface area contributed by atoms with Crippen molar-refractivity contribution in [1.82, 2.24) is 0 Å². The van der Waals surface area contributed by atoms with Crippen LogP contribution < -0.4 is 0 Å². The molecule has 0 fully saturated rings. The quantitative estimate of drug-likeness (QED) is 0.133. The molecule has 0 nitrogen and oxygen atoms in total. The number of benzene rings is 18. The van der Waals surface area contributed by atoms with Crippen LogP contribution in [0.1, 0.15) is 125 Å². The topological polar surface area (TPSA) is 0 Å². The van der Waals surface area contributed by atoms with Crippen LogP contribution in [0.15, 0.2) is 561 Å². The minimum Gasteiger partial charge on any atom is -0.0645 e. The van der Waals surface area contributed by atoms with Crippen LogP contribution in [0, 0.1) is 5.92 Å². The first-order valence-electron chi connectivity index (χ1n) is 45.6. The summed E-state index contributed by atoms with van der Waals surface area (Å²) in [6.07, 6.45) is 8.09. The van der Waals surface area contributed by atoms with E-state index in [2.05, 4.69) is 501 Å². The molecular weight excluding hydrogens is 1670 g/mol. The molecule has 0 saturated heterocycles. The van der Waals surface area contributed by atoms with E-state index in [0.29, 0.717) is 23.7 Å². The van der Waals surface area contributed by atoms with Gasteiger partial charge in [0.2, 0.25) is 0 Å². The van der Waals surface area contributed by atoms with Gasteiger partial charge in [-0.2, -0.15) is 0 Å². The van der Waals surface area contributed by atoms with Crippen molar-refractivity contribution in [3.63, 3.8) is 0 Å². The second-order valence-electron chi connectivity index (χ2n) is 33.5. The monoisotopic (exact) mass is 1780 g/mol. The maximum Gasteiger partial charge on any atom is 0.170 e. The Labute approximate surface area is 782 Å². The number of aryl methyl sites for hydroxylation is 4. The first-order valence-corrected chi connectivity index (χ1v) is 52.9. The van der Waals surface area contributed by atoms with Gasteiger partial charge in [0.05, 0.1) is 65.4 Å². The highest BCUT2D eigenvalue weighted by Crippen LogP contribution is 2.52. The fourth-order valence-corrected chi connectivity index (χ4v) is 34.2. The molecule has 630 valence electrons. The lowest BCUT2D eigenvalue weighted by Gasteiger charge is -2.29. The van der Waals surface area contributed by atoms with Gasteiger partial charge in [0.15, 0.2) is 88.1 Å². The first kappa shape index (κ1) is 86.4. The summed E-state index contributed by atoms with van der Waals surface area (Å²) < 4.78 is 0. The van der Waals surface area contributed by atoms with Gasteiger partial charge in [-0.05, 0) is 190 Å². The standard InChI is InChI=1S/C22H21S.2C21H19S.2C20H17S.C19H15S/c1-16(2)22-18-12-6-8-14-20(18)23(17-10-4-3-5-11-17)21-15-9-7-13-19(21)22;1-2-17-18-12-6-8-14-20(18)22(16-10-4-3-5-11-16)21-15-9-7-13-19(17)21;1-2-13-19(14-3-1)22-20-15-6-4-9-17(20)11-8-12-18-10-5-7-16-21(18)22;1-15-17-11-5-7-13-19(17)21(16-9-3-2-4-10-16)20-14-8-6-12-18(15)20;1-2-10-18(11-3-1)21-19-12-6-4-8-16(19)14-15-17-9-5-7-13-20(17)21;1-2-10-17(11-3-1)20-18-12-6-4-8-15(18)14-16-9-5-7-13-19(16)20/h3-16,22H,1-2H3;3-15,17H,2H2,1H3;1-7,9-10,13-16H,8,11-12H2;2-15H,1H3;1-13H,14-15H2;1-13H,14H2/q6*+1. The van der Waals surface area contributed by atoms with E-state index in [1.807, 2.05) is 0 Å². The van der Waals surface area contributed by atoms with Crippen molar-refractivity contribution in [3.05, 3.63) is 540 Å². The van der Waals surface area contributed by atoms with Crippen LogP contribution in [-0.4, -0.2) is 0 Å². The van der Waals surface area contributed by atoms with Crippen LogP contribution in [0.5, 0.6) is 0 Å². The van der Waals surface area contributed by atoms with Crippen molar-refractivity contribution in [2.45, 2.75) is 179 Å². The second kappa shape index (κ2) is 41.2. The Bertz CT molecular complexity index is 6490. The smallest absolute Gasteiger partial charge is 0.0645 e. The van der Waals surface area contributed by atoms with Gasteiger partial charge in [-0.3, -0.25) is 0 Å². The second-order valence-corrected chi connectivity index (χ2v) is 45.3. The van der Waals surface area contributed by atoms with E-state index in [4.69, 9.17) is 0 Å². The summed E-state index contributed by atoms with van der Waals surface area (Å²) in [5.41, 5.74) is 18.0. The largest absolute Gasteiger partial charge is 0.170 e. The van der Waals surface area contributed by atoms with Crippen molar-refractivity contribution in [2.24, 2.45) is 5.92 Å². The summed E-state index contributed by atoms with van der Waals surface area (Å²) in [6, 6.07) is 173. The van der Waals surface area contributed by atoms with Crippen molar-refractivity contribution in [2.75, 3.05) is 0 Å². The zero-order chi connectivity index (χ0) is 87.2. The van der Waals surface area contributed by atoms with E-state index < -0.39 is 0 Å². The lowest BCUT2D eigenvalue weighted by atomic mass is 9.82. The molecule has 24 rings (SSSR count). The fourth-order valence-electron chi connectivity index (χ4n) is 19.3. The maximum absolute atomic E-state index is 2.34. The van der Waals surface area contributed by atoms with Crippen molar-refractivity contribution in [3.8, 4) is 0 Å². The average molecular weight is 1780 g/mol. The Morgan fingerprint density at radius 1 is 0.202 bits per heavy atom. The summed E-state index contributed by atoms with van der Waals surface area (Å²) in [7, 11) is 0.126. The summed E-state index contributed by atoms with van der Waals surface area (Å²) in [5, 5.41) is 0. The molecule has 6 heterocycles. The van der Waals surface area contributed by atoms with Gasteiger partial charge in [-0.1, -0.05) is 355 Å². The Balaban J connectivity index is 0.000000101. The van der Waals surface area contributed by atoms with Gasteiger partial charge < -0.3 is 0 Å². The molecular formula is C123H108S6+6. The molecule has 0 bridgehead atoms. The molecule has 18 aromatic rings. The molecule has 0 aliphatic carbocycles. The van der Waals surface area contributed by atoms with Gasteiger partial charge in [-0.15, -0.1) is 0 Å². The van der Waals surface area contributed by atoms with Crippen molar-refractivity contribution < 1.29 is 0 Å². The van der Waals surface area contributed by atoms with Crippen LogP contribution in [0.4, 0.5) is 0 Å². The number of rotatable bonds is 8. The molecule has 0 amide bonds. The van der Waals surface area contributed by atoms with E-state index in [1.165, 1.54) is 174 Å². The predicted octanol–water partition coefficient (Wildman–Crippen LogP) is 31.6. The van der Waals surface area contributed by atoms with Crippen molar-refractivity contribution in [1.29, 1.82) is 0 Å². The minimum atomic E-state index is 0.00485. The molecule has 0 saturated carbocycles. The van der Waals surface area contributed by atoms with Crippen LogP contribution >= 0.6 is 0 Å². The first-order chi connectivity index (χ1) is 63.8. The summed E-state index contributed by atoms with van der Waals surface area (Å²) in [4.78, 5) is 26.4. The van der Waals surface area contributed by atoms with Crippen LogP contribution in [0.25, 0.3) is 0 Å². The highest BCUT2D eigenvalue weighted by atomic mass is 32.2. The minimum absolute atomic E-state index is 0.00485. The lowest BCUT2D eigenvalue weighted by Crippen LogP contribution is -2.22. The highest BCUT2D eigenvalue weighted by molar-refractivity contribution is 7.98. The third-order valence-electron chi connectivity index (χ3n) is 25.2. The predicted molar refractivity (Wildman–Crippen MR) is 548 cm³/mol. The summed E-state index contributed by atoms with van der Waals surface area (Å²) in [6.45, 7) is 9.29. The van der Waals surface area contributed by atoms with E-state index in [0.717, 1.165) is 25.7 Å². The molecule has 0 atom stereocenters. The molecule has 6 aliphatic heterocycles. The van der Waals surface area contributed by atoms with Gasteiger partial charge in [0, 0.05) is 90.9 Å². The van der Waals surface area contributed by atoms with E-state index in [1.54, 1.807) is 0 Å². The van der Waals surface area contributed by atoms with E-state index in [9.17, 15) is 0 Å². The molecule has 0 radical (unpaired) electrons. The maximum atomic E-state index is 2.34. The Hall–Kier alpha value is -11.9. The molecule has 18 aromatic carbocycles. The van der Waals surface area contributed by atoms with Gasteiger partial charge >= 0.3 is 0 Å². The van der Waals surface area contributed by atoms with E-state index in [-0.39, 0.29) is 65.4 Å². The summed E-state index contributed by atoms with van der Waals surface area (Å²) >= 11 is 0. The Kier molecular flexibility index (Phi) is 27.6. The Morgan fingerprint density at radius 3 is 0.651 bits per heavy atom. The normalized spacial score (nSPS) is 16.8. The molecule has 6 heteroatoms. The summed E-state index contributed by atoms with van der Waals surface area (Å²) in [5.74, 6) is 2.10. The average Bonchev–Trinajstić information content (AvgIpc) is 1.53. The number of hydrogen-bond donors (Lipinski definition) is 0. The molecule has 6 aliphatic rings.